The molecule has 1 aromatic carbocycles. The van der Waals surface area contributed by atoms with Crippen LogP contribution >= 0.6 is 0 Å². The molecule has 2 aromatic rings. The Labute approximate surface area is 98.6 Å². The second-order valence-electron chi connectivity index (χ2n) is 4.26. The second kappa shape index (κ2) is 4.13. The highest BCUT2D eigenvalue weighted by atomic mass is 19.1. The summed E-state index contributed by atoms with van der Waals surface area (Å²) in [5.74, 6) is -0.185. The molecular formula is C13H13FN2O. The van der Waals surface area contributed by atoms with Crippen LogP contribution in [0, 0.1) is 5.82 Å². The van der Waals surface area contributed by atoms with Crippen molar-refractivity contribution in [3.05, 3.63) is 48.2 Å². The van der Waals surface area contributed by atoms with E-state index in [1.165, 1.54) is 6.07 Å². The zero-order valence-electron chi connectivity index (χ0n) is 9.24. The normalized spacial score (nSPS) is 18.1. The molecular weight excluding hydrogens is 219 g/mol. The Hall–Kier alpha value is -1.97. The number of halogens is 1. The second-order valence-corrected chi connectivity index (χ2v) is 4.26. The number of anilines is 2. The van der Waals surface area contributed by atoms with Gasteiger partial charge in [-0.2, -0.15) is 0 Å². The van der Waals surface area contributed by atoms with Crippen LogP contribution in [-0.4, -0.2) is 12.6 Å². The first-order valence-corrected chi connectivity index (χ1v) is 5.62. The molecule has 2 heterocycles. The third-order valence-corrected chi connectivity index (χ3v) is 2.93. The van der Waals surface area contributed by atoms with Crippen molar-refractivity contribution < 1.29 is 8.81 Å². The molecule has 1 unspecified atom stereocenters. The third kappa shape index (κ3) is 2.11. The van der Waals surface area contributed by atoms with Gasteiger partial charge in [-0.25, -0.2) is 4.39 Å². The number of furan rings is 1. The Bertz CT molecular complexity index is 524. The molecule has 2 N–H and O–H groups in total. The van der Waals surface area contributed by atoms with Crippen molar-refractivity contribution in [2.24, 2.45) is 0 Å². The summed E-state index contributed by atoms with van der Waals surface area (Å²) in [5, 5.41) is 6.64. The van der Waals surface area contributed by atoms with E-state index in [1.807, 2.05) is 6.07 Å². The molecule has 0 radical (unpaired) electrons. The SMILES string of the molecule is Fc1cccc(CC2CNc3cocc3N2)c1. The summed E-state index contributed by atoms with van der Waals surface area (Å²) in [6, 6.07) is 6.97. The molecule has 0 aliphatic carbocycles. The van der Waals surface area contributed by atoms with Crippen LogP contribution in [0.15, 0.2) is 41.2 Å². The highest BCUT2D eigenvalue weighted by Crippen LogP contribution is 2.27. The summed E-state index contributed by atoms with van der Waals surface area (Å²) in [5.41, 5.74) is 2.95. The lowest BCUT2D eigenvalue weighted by Crippen LogP contribution is -2.34. The predicted molar refractivity (Wildman–Crippen MR) is 64.7 cm³/mol. The lowest BCUT2D eigenvalue weighted by molar-refractivity contribution is 0.569. The summed E-state index contributed by atoms with van der Waals surface area (Å²) < 4.78 is 18.2. The number of hydrogen-bond donors (Lipinski definition) is 2. The summed E-state index contributed by atoms with van der Waals surface area (Å²) in [4.78, 5) is 0. The van der Waals surface area contributed by atoms with Gasteiger partial charge in [0.1, 0.15) is 18.3 Å². The number of nitrogens with one attached hydrogen (secondary N) is 2. The van der Waals surface area contributed by atoms with Gasteiger partial charge in [0.05, 0.1) is 11.4 Å². The minimum absolute atomic E-state index is 0.185. The molecule has 1 aliphatic rings. The molecule has 3 rings (SSSR count). The lowest BCUT2D eigenvalue weighted by Gasteiger charge is -2.25. The van der Waals surface area contributed by atoms with Crippen LogP contribution in [0.4, 0.5) is 15.8 Å². The van der Waals surface area contributed by atoms with Crippen molar-refractivity contribution in [1.29, 1.82) is 0 Å². The maximum Gasteiger partial charge on any atom is 0.123 e. The Morgan fingerprint density at radius 2 is 2.18 bits per heavy atom. The first-order chi connectivity index (χ1) is 8.31. The van der Waals surface area contributed by atoms with Gasteiger partial charge in [0.25, 0.3) is 0 Å². The number of benzene rings is 1. The van der Waals surface area contributed by atoms with E-state index < -0.39 is 0 Å². The van der Waals surface area contributed by atoms with Gasteiger partial charge in [0.15, 0.2) is 0 Å². The standard InChI is InChI=1S/C13H13FN2O/c14-10-3-1-2-9(4-10)5-11-6-15-12-7-17-8-13(12)16-11/h1-4,7-8,11,15-16H,5-6H2. The van der Waals surface area contributed by atoms with E-state index in [0.29, 0.717) is 0 Å². The first kappa shape index (κ1) is 10.2. The minimum Gasteiger partial charge on any atom is -0.468 e. The fraction of sp³-hybridized carbons (Fsp3) is 0.231. The Kier molecular flexibility index (Phi) is 2.48. The van der Waals surface area contributed by atoms with Gasteiger partial charge < -0.3 is 15.1 Å². The molecule has 1 aliphatic heterocycles. The molecule has 1 aromatic heterocycles. The van der Waals surface area contributed by atoms with Crippen molar-refractivity contribution in [3.8, 4) is 0 Å². The van der Waals surface area contributed by atoms with E-state index in [9.17, 15) is 4.39 Å². The van der Waals surface area contributed by atoms with Crippen LogP contribution < -0.4 is 10.6 Å². The van der Waals surface area contributed by atoms with Crippen LogP contribution in [0.25, 0.3) is 0 Å². The fourth-order valence-electron chi connectivity index (χ4n) is 2.12. The molecule has 3 nitrogen and oxygen atoms in total. The van der Waals surface area contributed by atoms with Crippen molar-refractivity contribution in [3.63, 3.8) is 0 Å². The van der Waals surface area contributed by atoms with Crippen LogP contribution in [-0.2, 0) is 6.42 Å². The average Bonchev–Trinajstić information content (AvgIpc) is 2.76. The Morgan fingerprint density at radius 1 is 1.29 bits per heavy atom. The zero-order valence-corrected chi connectivity index (χ0v) is 9.24. The van der Waals surface area contributed by atoms with Crippen molar-refractivity contribution in [2.75, 3.05) is 17.2 Å². The zero-order chi connectivity index (χ0) is 11.7. The minimum atomic E-state index is -0.185. The summed E-state index contributed by atoms with van der Waals surface area (Å²) in [7, 11) is 0. The van der Waals surface area contributed by atoms with Gasteiger partial charge in [0.2, 0.25) is 0 Å². The molecule has 0 bridgehead atoms. The predicted octanol–water partition coefficient (Wildman–Crippen LogP) is 2.87. The van der Waals surface area contributed by atoms with Crippen LogP contribution in [0.2, 0.25) is 0 Å². The fourth-order valence-corrected chi connectivity index (χ4v) is 2.12. The number of fused-ring (bicyclic) bond motifs is 1. The van der Waals surface area contributed by atoms with Gasteiger partial charge in [-0.3, -0.25) is 0 Å². The van der Waals surface area contributed by atoms with E-state index in [0.717, 1.165) is 29.9 Å². The molecule has 0 amide bonds. The van der Waals surface area contributed by atoms with Crippen molar-refractivity contribution in [2.45, 2.75) is 12.5 Å². The van der Waals surface area contributed by atoms with Gasteiger partial charge in [-0.05, 0) is 24.1 Å². The largest absolute Gasteiger partial charge is 0.468 e. The van der Waals surface area contributed by atoms with Crippen LogP contribution in [0.3, 0.4) is 0 Å². The van der Waals surface area contributed by atoms with E-state index in [4.69, 9.17) is 4.42 Å². The van der Waals surface area contributed by atoms with Crippen molar-refractivity contribution in [1.82, 2.24) is 0 Å². The van der Waals surface area contributed by atoms with Gasteiger partial charge in [0, 0.05) is 12.6 Å². The molecule has 1 atom stereocenters. The summed E-state index contributed by atoms with van der Waals surface area (Å²) in [6.07, 6.45) is 4.15. The Balaban J connectivity index is 1.72. The Morgan fingerprint density at radius 3 is 3.06 bits per heavy atom. The van der Waals surface area contributed by atoms with Gasteiger partial charge >= 0.3 is 0 Å². The van der Waals surface area contributed by atoms with Gasteiger partial charge in [-0.15, -0.1) is 0 Å². The van der Waals surface area contributed by atoms with E-state index in [2.05, 4.69) is 10.6 Å². The maximum absolute atomic E-state index is 13.1. The highest BCUT2D eigenvalue weighted by molar-refractivity contribution is 5.69. The van der Waals surface area contributed by atoms with E-state index >= 15 is 0 Å². The maximum atomic E-state index is 13.1. The molecule has 0 saturated carbocycles. The molecule has 0 fully saturated rings. The van der Waals surface area contributed by atoms with Crippen molar-refractivity contribution >= 4 is 11.4 Å². The third-order valence-electron chi connectivity index (χ3n) is 2.93. The monoisotopic (exact) mass is 232 g/mol. The van der Waals surface area contributed by atoms with E-state index in [-0.39, 0.29) is 11.9 Å². The highest BCUT2D eigenvalue weighted by Gasteiger charge is 2.18. The molecule has 88 valence electrons. The van der Waals surface area contributed by atoms with E-state index in [1.54, 1.807) is 24.7 Å². The van der Waals surface area contributed by atoms with Crippen LogP contribution in [0.5, 0.6) is 0 Å². The molecule has 4 heteroatoms. The lowest BCUT2D eigenvalue weighted by atomic mass is 10.0. The van der Waals surface area contributed by atoms with Crippen LogP contribution in [0.1, 0.15) is 5.56 Å². The number of rotatable bonds is 2. The first-order valence-electron chi connectivity index (χ1n) is 5.62. The molecule has 0 saturated heterocycles. The smallest absolute Gasteiger partial charge is 0.123 e. The molecule has 0 spiro atoms. The summed E-state index contributed by atoms with van der Waals surface area (Å²) >= 11 is 0. The topological polar surface area (TPSA) is 37.2 Å². The van der Waals surface area contributed by atoms with Gasteiger partial charge in [-0.1, -0.05) is 12.1 Å². The number of hydrogen-bond acceptors (Lipinski definition) is 3. The molecule has 17 heavy (non-hydrogen) atoms. The quantitative estimate of drug-likeness (QED) is 0.836. The summed E-state index contributed by atoms with van der Waals surface area (Å²) in [6.45, 7) is 0.809. The average molecular weight is 232 g/mol.